The summed E-state index contributed by atoms with van der Waals surface area (Å²) in [5.41, 5.74) is 2.25. The second-order valence-corrected chi connectivity index (χ2v) is 6.50. The summed E-state index contributed by atoms with van der Waals surface area (Å²) in [5, 5.41) is 0. The zero-order chi connectivity index (χ0) is 19.7. The van der Waals surface area contributed by atoms with Gasteiger partial charge in [-0.2, -0.15) is 0 Å². The Balaban J connectivity index is 1.52. The average Bonchev–Trinajstić information content (AvgIpc) is 3.31. The maximum atomic E-state index is 14.8. The van der Waals surface area contributed by atoms with E-state index in [4.69, 9.17) is 4.74 Å². The van der Waals surface area contributed by atoms with Crippen molar-refractivity contribution in [3.8, 4) is 11.1 Å². The lowest BCUT2D eigenvalue weighted by molar-refractivity contribution is -0.141. The number of carbonyl (C=O) groups excluding carboxylic acids is 2. The number of esters is 1. The van der Waals surface area contributed by atoms with E-state index in [1.807, 2.05) is 16.8 Å². The third kappa shape index (κ3) is 3.40. The van der Waals surface area contributed by atoms with Crippen LogP contribution in [0.25, 0.3) is 16.8 Å². The number of methoxy groups -OCH3 is 1. The number of ether oxygens (including phenoxy) is 2. The summed E-state index contributed by atoms with van der Waals surface area (Å²) in [4.78, 5) is 29.0. The van der Waals surface area contributed by atoms with Crippen LogP contribution < -0.4 is 4.90 Å². The highest BCUT2D eigenvalue weighted by Crippen LogP contribution is 2.30. The Morgan fingerprint density at radius 3 is 2.96 bits per heavy atom. The van der Waals surface area contributed by atoms with Crippen molar-refractivity contribution >= 4 is 23.4 Å². The molecule has 1 aliphatic heterocycles. The molecule has 1 aromatic carbocycles. The van der Waals surface area contributed by atoms with Gasteiger partial charge >= 0.3 is 12.1 Å². The number of rotatable bonds is 5. The van der Waals surface area contributed by atoms with Gasteiger partial charge in [0.05, 0.1) is 19.3 Å². The van der Waals surface area contributed by atoms with Crippen LogP contribution in [-0.4, -0.2) is 41.2 Å². The highest BCUT2D eigenvalue weighted by atomic mass is 19.1. The fourth-order valence-electron chi connectivity index (χ4n) is 3.25. The average molecular weight is 383 g/mol. The Morgan fingerprint density at radius 2 is 2.18 bits per heavy atom. The molecule has 8 heteroatoms. The number of benzene rings is 1. The lowest BCUT2D eigenvalue weighted by Crippen LogP contribution is -2.24. The van der Waals surface area contributed by atoms with E-state index in [9.17, 15) is 14.0 Å². The van der Waals surface area contributed by atoms with E-state index in [0.29, 0.717) is 23.2 Å². The van der Waals surface area contributed by atoms with Crippen molar-refractivity contribution in [2.75, 3.05) is 18.6 Å². The number of hydrogen-bond acceptors (Lipinski definition) is 5. The fourth-order valence-corrected chi connectivity index (χ4v) is 3.25. The summed E-state index contributed by atoms with van der Waals surface area (Å²) in [6.45, 7) is 0.259. The number of aromatic nitrogens is 2. The van der Waals surface area contributed by atoms with Crippen LogP contribution >= 0.6 is 0 Å². The summed E-state index contributed by atoms with van der Waals surface area (Å²) < 4.78 is 26.5. The first-order valence-electron chi connectivity index (χ1n) is 8.83. The molecule has 0 aliphatic carbocycles. The van der Waals surface area contributed by atoms with Gasteiger partial charge in [0.25, 0.3) is 0 Å². The maximum absolute atomic E-state index is 14.8. The normalized spacial score (nSPS) is 16.4. The predicted molar refractivity (Wildman–Crippen MR) is 99.5 cm³/mol. The molecular formula is C20H18FN3O4. The molecule has 1 amide bonds. The van der Waals surface area contributed by atoms with Gasteiger partial charge in [0.2, 0.25) is 0 Å². The van der Waals surface area contributed by atoms with Gasteiger partial charge in [0.1, 0.15) is 17.6 Å². The second-order valence-electron chi connectivity index (χ2n) is 6.50. The Kier molecular flexibility index (Phi) is 4.68. The molecule has 0 N–H and O–H groups in total. The maximum Gasteiger partial charge on any atom is 0.414 e. The number of cyclic esters (lactones) is 1. The molecule has 0 bridgehead atoms. The minimum Gasteiger partial charge on any atom is -0.469 e. The van der Waals surface area contributed by atoms with Crippen LogP contribution in [0, 0.1) is 5.82 Å². The highest BCUT2D eigenvalue weighted by Gasteiger charge is 2.33. The third-order valence-electron chi connectivity index (χ3n) is 4.75. The van der Waals surface area contributed by atoms with Crippen LogP contribution in [0.5, 0.6) is 0 Å². The van der Waals surface area contributed by atoms with Crippen molar-refractivity contribution in [1.82, 2.24) is 9.38 Å². The van der Waals surface area contributed by atoms with Crippen molar-refractivity contribution in [2.24, 2.45) is 0 Å². The number of amides is 1. The number of nitrogens with zero attached hydrogens (tertiary/aromatic N) is 3. The number of halogens is 1. The van der Waals surface area contributed by atoms with Crippen molar-refractivity contribution < 1.29 is 23.5 Å². The zero-order valence-electron chi connectivity index (χ0n) is 15.2. The van der Waals surface area contributed by atoms with Crippen molar-refractivity contribution in [3.63, 3.8) is 0 Å². The number of hydrogen-bond donors (Lipinski definition) is 0. The van der Waals surface area contributed by atoms with Crippen molar-refractivity contribution in [3.05, 3.63) is 54.7 Å². The molecule has 144 valence electrons. The molecule has 1 fully saturated rings. The molecule has 4 rings (SSSR count). The number of carbonyl (C=O) groups is 2. The van der Waals surface area contributed by atoms with Crippen LogP contribution in [0.3, 0.4) is 0 Å². The van der Waals surface area contributed by atoms with Crippen LogP contribution in [0.15, 0.2) is 48.9 Å². The Hall–Kier alpha value is -3.42. The SMILES string of the molecule is COC(=O)CC[C@H]1CN(c2ccc(-c3ccn4ccnc4c3)c(F)c2)C(=O)O1. The molecule has 0 radical (unpaired) electrons. The molecular weight excluding hydrogens is 365 g/mol. The quantitative estimate of drug-likeness (QED) is 0.631. The number of imidazole rings is 1. The van der Waals surface area contributed by atoms with E-state index in [2.05, 4.69) is 9.72 Å². The van der Waals surface area contributed by atoms with E-state index < -0.39 is 18.0 Å². The number of fused-ring (bicyclic) bond motifs is 1. The molecule has 1 aliphatic rings. The Morgan fingerprint density at radius 1 is 1.32 bits per heavy atom. The highest BCUT2D eigenvalue weighted by molar-refractivity contribution is 5.90. The lowest BCUT2D eigenvalue weighted by atomic mass is 10.1. The molecule has 0 saturated carbocycles. The van der Waals surface area contributed by atoms with Crippen molar-refractivity contribution in [2.45, 2.75) is 18.9 Å². The fraction of sp³-hybridized carbons (Fsp3) is 0.250. The van der Waals surface area contributed by atoms with E-state index in [-0.39, 0.29) is 18.9 Å². The molecule has 3 heterocycles. The summed E-state index contributed by atoms with van der Waals surface area (Å²) in [5.74, 6) is -0.807. The van der Waals surface area contributed by atoms with Gasteiger partial charge in [-0.25, -0.2) is 14.2 Å². The molecule has 28 heavy (non-hydrogen) atoms. The van der Waals surface area contributed by atoms with Gasteiger partial charge in [-0.05, 0) is 42.3 Å². The summed E-state index contributed by atoms with van der Waals surface area (Å²) in [7, 11) is 1.31. The smallest absolute Gasteiger partial charge is 0.414 e. The lowest BCUT2D eigenvalue weighted by Gasteiger charge is -2.14. The summed E-state index contributed by atoms with van der Waals surface area (Å²) in [6.07, 6.45) is 4.83. The first-order valence-corrected chi connectivity index (χ1v) is 8.83. The largest absolute Gasteiger partial charge is 0.469 e. The van der Waals surface area contributed by atoms with Crippen LogP contribution in [-0.2, 0) is 14.3 Å². The Bertz CT molecular complexity index is 1050. The molecule has 0 spiro atoms. The predicted octanol–water partition coefficient (Wildman–Crippen LogP) is 3.42. The van der Waals surface area contributed by atoms with E-state index in [1.54, 1.807) is 30.5 Å². The summed E-state index contributed by atoms with van der Waals surface area (Å²) >= 11 is 0. The van der Waals surface area contributed by atoms with Crippen LogP contribution in [0.1, 0.15) is 12.8 Å². The minimum absolute atomic E-state index is 0.159. The second kappa shape index (κ2) is 7.30. The standard InChI is InChI=1S/C20H18FN3O4/c1-27-19(25)5-3-15-12-24(20(26)28-15)14-2-4-16(17(21)11-14)13-6-8-23-9-7-22-18(23)10-13/h2,4,6-11,15H,3,5,12H2,1H3/t15-/m0/s1. The molecule has 1 atom stereocenters. The topological polar surface area (TPSA) is 73.1 Å². The minimum atomic E-state index is -0.555. The van der Waals surface area contributed by atoms with Crippen LogP contribution in [0.2, 0.25) is 0 Å². The van der Waals surface area contributed by atoms with E-state index in [0.717, 1.165) is 5.65 Å². The first-order chi connectivity index (χ1) is 13.5. The Labute approximate surface area is 160 Å². The molecule has 7 nitrogen and oxygen atoms in total. The first kappa shape index (κ1) is 18.0. The van der Waals surface area contributed by atoms with E-state index >= 15 is 0 Å². The van der Waals surface area contributed by atoms with Gasteiger partial charge in [0, 0.05) is 30.6 Å². The van der Waals surface area contributed by atoms with E-state index in [1.165, 1.54) is 18.1 Å². The van der Waals surface area contributed by atoms with Gasteiger partial charge in [0.15, 0.2) is 0 Å². The number of anilines is 1. The van der Waals surface area contributed by atoms with Gasteiger partial charge in [-0.15, -0.1) is 0 Å². The molecule has 2 aromatic heterocycles. The van der Waals surface area contributed by atoms with Crippen LogP contribution in [0.4, 0.5) is 14.9 Å². The molecule has 3 aromatic rings. The number of pyridine rings is 1. The van der Waals surface area contributed by atoms with Gasteiger partial charge in [-0.3, -0.25) is 9.69 Å². The zero-order valence-corrected chi connectivity index (χ0v) is 15.2. The molecule has 0 unspecified atom stereocenters. The monoisotopic (exact) mass is 383 g/mol. The van der Waals surface area contributed by atoms with Crippen molar-refractivity contribution in [1.29, 1.82) is 0 Å². The molecule has 1 saturated heterocycles. The van der Waals surface area contributed by atoms with Gasteiger partial charge < -0.3 is 13.9 Å². The summed E-state index contributed by atoms with van der Waals surface area (Å²) in [6, 6.07) is 8.23. The third-order valence-corrected chi connectivity index (χ3v) is 4.75. The van der Waals surface area contributed by atoms with Gasteiger partial charge in [-0.1, -0.05) is 0 Å².